The molecule has 0 radical (unpaired) electrons. The number of rotatable bonds is 4. The first-order valence-corrected chi connectivity index (χ1v) is 13.8. The molecule has 8 heteroatoms. The lowest BCUT2D eigenvalue weighted by molar-refractivity contribution is -0.130. The number of piperazine rings is 1. The summed E-state index contributed by atoms with van der Waals surface area (Å²) in [5, 5.41) is 10.9. The van der Waals surface area contributed by atoms with Crippen LogP contribution in [0.4, 0.5) is 5.69 Å². The van der Waals surface area contributed by atoms with Gasteiger partial charge in [-0.25, -0.2) is 9.21 Å². The van der Waals surface area contributed by atoms with Gasteiger partial charge in [-0.2, -0.15) is 0 Å². The van der Waals surface area contributed by atoms with Gasteiger partial charge in [0.25, 0.3) is 0 Å². The molecule has 1 saturated heterocycles. The Morgan fingerprint density at radius 3 is 2.43 bits per heavy atom. The van der Waals surface area contributed by atoms with Crippen LogP contribution in [0.25, 0.3) is 22.2 Å². The Balaban J connectivity index is 1.45. The van der Waals surface area contributed by atoms with Crippen LogP contribution in [-0.4, -0.2) is 70.1 Å². The van der Waals surface area contributed by atoms with Gasteiger partial charge in [0.1, 0.15) is 0 Å². The predicted molar refractivity (Wildman–Crippen MR) is 146 cm³/mol. The molecule has 1 saturated carbocycles. The van der Waals surface area contributed by atoms with Crippen molar-refractivity contribution in [3.63, 3.8) is 0 Å². The summed E-state index contributed by atoms with van der Waals surface area (Å²) in [6.45, 7) is 4.34. The maximum Gasteiger partial charge on any atom is 0.335 e. The maximum absolute atomic E-state index is 13.3. The van der Waals surface area contributed by atoms with E-state index in [0.717, 1.165) is 29.6 Å². The molecule has 1 N–H and O–H groups in total. The fraction of sp³-hybridized carbons (Fsp3) is 0.448. The van der Waals surface area contributed by atoms with Gasteiger partial charge < -0.3 is 19.5 Å². The maximum atomic E-state index is 13.3. The van der Waals surface area contributed by atoms with Gasteiger partial charge in [-0.05, 0) is 54.3 Å². The highest BCUT2D eigenvalue weighted by Gasteiger charge is 2.31. The van der Waals surface area contributed by atoms with Crippen LogP contribution in [-0.2, 0) is 11.3 Å². The highest BCUT2D eigenvalue weighted by molar-refractivity contribution is 6.13. The first-order valence-electron chi connectivity index (χ1n) is 13.4. The number of carbonyl (C=O) groups is 2. The number of nitrogens with zero attached hydrogens (tertiary/aromatic N) is 4. The number of anilines is 1. The van der Waals surface area contributed by atoms with Crippen LogP contribution in [0.5, 0.6) is 0 Å². The second kappa shape index (κ2) is 10.0. The Morgan fingerprint density at radius 1 is 0.919 bits per heavy atom. The van der Waals surface area contributed by atoms with Crippen LogP contribution in [0.3, 0.4) is 0 Å². The first-order chi connectivity index (χ1) is 18.0. The van der Waals surface area contributed by atoms with E-state index in [1.165, 1.54) is 35.9 Å². The standard InChI is InChI=1S/C29H33ClN4O3/c30-33-15-12-31(13-16-33)26(35)19-32-14-17-34-25-18-21(29(36)37)10-11-22(25)27(20-6-2-1-3-7-20)28(34)23-8-4-5-9-24(23)32/h4-5,8-11,18,20H,1-3,6-7,12-17,19H2,(H,36,37). The molecule has 3 aromatic rings. The molecular formula is C29H33ClN4O3. The molecule has 0 bridgehead atoms. The minimum absolute atomic E-state index is 0.122. The Kier molecular flexibility index (Phi) is 6.59. The third-order valence-electron chi connectivity index (χ3n) is 8.36. The summed E-state index contributed by atoms with van der Waals surface area (Å²) in [6, 6.07) is 14.0. The van der Waals surface area contributed by atoms with Gasteiger partial charge in [-0.15, -0.1) is 0 Å². The molecule has 1 aliphatic carbocycles. The summed E-state index contributed by atoms with van der Waals surface area (Å²) in [5.41, 5.74) is 6.05. The number of aromatic carboxylic acids is 1. The Hall–Kier alpha value is -3.03. The molecule has 2 fully saturated rings. The average molecular weight is 521 g/mol. The topological polar surface area (TPSA) is 69.0 Å². The zero-order chi connectivity index (χ0) is 25.5. The number of hydrogen-bond donors (Lipinski definition) is 1. The summed E-state index contributed by atoms with van der Waals surface area (Å²) in [4.78, 5) is 29.3. The number of carboxylic acids is 1. The number of para-hydroxylation sites is 1. The molecule has 0 spiro atoms. The summed E-state index contributed by atoms with van der Waals surface area (Å²) in [7, 11) is 0. The number of amides is 1. The number of benzene rings is 2. The Morgan fingerprint density at radius 2 is 1.68 bits per heavy atom. The second-order valence-corrected chi connectivity index (χ2v) is 11.0. The van der Waals surface area contributed by atoms with Crippen molar-refractivity contribution in [2.75, 3.05) is 44.2 Å². The van der Waals surface area contributed by atoms with E-state index in [-0.39, 0.29) is 5.91 Å². The molecular weight excluding hydrogens is 488 g/mol. The smallest absolute Gasteiger partial charge is 0.335 e. The van der Waals surface area contributed by atoms with Gasteiger partial charge >= 0.3 is 5.97 Å². The van der Waals surface area contributed by atoms with Crippen molar-refractivity contribution in [3.05, 3.63) is 53.6 Å². The molecule has 3 heterocycles. The van der Waals surface area contributed by atoms with Crippen molar-refractivity contribution < 1.29 is 14.7 Å². The SMILES string of the molecule is O=C(O)c1ccc2c(C3CCCCC3)c3n(c2c1)CCN(CC(=O)N1CCN(Cl)CC1)c1ccccc1-3. The second-order valence-electron chi connectivity index (χ2n) is 10.5. The average Bonchev–Trinajstić information content (AvgIpc) is 3.16. The van der Waals surface area contributed by atoms with Gasteiger partial charge in [-0.1, -0.05) is 43.5 Å². The zero-order valence-corrected chi connectivity index (χ0v) is 21.8. The van der Waals surface area contributed by atoms with E-state index in [4.69, 9.17) is 11.8 Å². The predicted octanol–water partition coefficient (Wildman–Crippen LogP) is 5.17. The molecule has 37 heavy (non-hydrogen) atoms. The molecule has 7 nitrogen and oxygen atoms in total. The summed E-state index contributed by atoms with van der Waals surface area (Å²) in [6.07, 6.45) is 6.04. The number of aromatic nitrogens is 1. The molecule has 0 atom stereocenters. The number of fused-ring (bicyclic) bond motifs is 5. The fourth-order valence-corrected chi connectivity index (χ4v) is 6.64. The van der Waals surface area contributed by atoms with Gasteiger partial charge in [0.15, 0.2) is 0 Å². The van der Waals surface area contributed by atoms with Crippen molar-refractivity contribution in [1.82, 2.24) is 13.9 Å². The van der Waals surface area contributed by atoms with Crippen LogP contribution in [0.1, 0.15) is 53.9 Å². The summed E-state index contributed by atoms with van der Waals surface area (Å²) < 4.78 is 4.06. The minimum atomic E-state index is -0.907. The fourth-order valence-electron chi connectivity index (χ4n) is 6.49. The van der Waals surface area contributed by atoms with Gasteiger partial charge in [0.2, 0.25) is 5.91 Å². The van der Waals surface area contributed by atoms with Crippen LogP contribution < -0.4 is 4.90 Å². The van der Waals surface area contributed by atoms with E-state index < -0.39 is 5.97 Å². The van der Waals surface area contributed by atoms with E-state index >= 15 is 0 Å². The molecule has 3 aliphatic rings. The first kappa shape index (κ1) is 24.3. The van der Waals surface area contributed by atoms with E-state index in [1.54, 1.807) is 10.5 Å². The number of halogens is 1. The third kappa shape index (κ3) is 4.48. The lowest BCUT2D eigenvalue weighted by Gasteiger charge is -2.33. The molecule has 2 aliphatic heterocycles. The molecule has 1 aromatic heterocycles. The monoisotopic (exact) mass is 520 g/mol. The van der Waals surface area contributed by atoms with Crippen LogP contribution in [0.2, 0.25) is 0 Å². The normalized spacial score (nSPS) is 18.9. The van der Waals surface area contributed by atoms with Crippen molar-refractivity contribution in [2.24, 2.45) is 0 Å². The van der Waals surface area contributed by atoms with Gasteiger partial charge in [0, 0.05) is 61.4 Å². The lowest BCUT2D eigenvalue weighted by atomic mass is 9.81. The molecule has 0 unspecified atom stereocenters. The number of carbonyl (C=O) groups excluding carboxylic acids is 1. The van der Waals surface area contributed by atoms with E-state index in [2.05, 4.69) is 27.7 Å². The highest BCUT2D eigenvalue weighted by Crippen LogP contribution is 2.47. The van der Waals surface area contributed by atoms with Crippen LogP contribution in [0.15, 0.2) is 42.5 Å². The zero-order valence-electron chi connectivity index (χ0n) is 21.0. The summed E-state index contributed by atoms with van der Waals surface area (Å²) in [5.74, 6) is -0.331. The third-order valence-corrected chi connectivity index (χ3v) is 8.70. The van der Waals surface area contributed by atoms with Gasteiger partial charge in [-0.3, -0.25) is 4.79 Å². The van der Waals surface area contributed by atoms with Crippen molar-refractivity contribution in [2.45, 2.75) is 44.6 Å². The number of carboxylic acid groups (broad SMARTS) is 1. The van der Waals surface area contributed by atoms with Gasteiger partial charge in [0.05, 0.1) is 17.8 Å². The van der Waals surface area contributed by atoms with E-state index in [1.807, 2.05) is 23.1 Å². The van der Waals surface area contributed by atoms with E-state index in [0.29, 0.717) is 57.3 Å². The molecule has 1 amide bonds. The Labute approximate surface area is 222 Å². The quantitative estimate of drug-likeness (QED) is 0.480. The molecule has 194 valence electrons. The van der Waals surface area contributed by atoms with Crippen LogP contribution >= 0.6 is 11.8 Å². The largest absolute Gasteiger partial charge is 0.478 e. The highest BCUT2D eigenvalue weighted by atomic mass is 35.5. The Bertz CT molecular complexity index is 1340. The van der Waals surface area contributed by atoms with Crippen molar-refractivity contribution >= 4 is 40.2 Å². The molecule has 6 rings (SSSR count). The van der Waals surface area contributed by atoms with Crippen molar-refractivity contribution in [1.29, 1.82) is 0 Å². The van der Waals surface area contributed by atoms with E-state index in [9.17, 15) is 14.7 Å². The molecule has 2 aromatic carbocycles. The number of hydrogen-bond acceptors (Lipinski definition) is 4. The minimum Gasteiger partial charge on any atom is -0.478 e. The summed E-state index contributed by atoms with van der Waals surface area (Å²) >= 11 is 6.11. The van der Waals surface area contributed by atoms with Crippen LogP contribution in [0, 0.1) is 0 Å². The van der Waals surface area contributed by atoms with Crippen molar-refractivity contribution in [3.8, 4) is 11.3 Å². The lowest BCUT2D eigenvalue weighted by Crippen LogP contribution is -2.49.